The van der Waals surface area contributed by atoms with E-state index in [9.17, 15) is 9.59 Å². The predicted molar refractivity (Wildman–Crippen MR) is 83.5 cm³/mol. The van der Waals surface area contributed by atoms with E-state index < -0.39 is 0 Å². The van der Waals surface area contributed by atoms with Crippen molar-refractivity contribution in [2.75, 3.05) is 25.5 Å². The van der Waals surface area contributed by atoms with Crippen LogP contribution in [0.2, 0.25) is 0 Å². The maximum absolute atomic E-state index is 12.1. The van der Waals surface area contributed by atoms with Crippen LogP contribution in [0.3, 0.4) is 0 Å². The number of aromatic nitrogens is 1. The summed E-state index contributed by atoms with van der Waals surface area (Å²) in [5.41, 5.74) is 0.829. The van der Waals surface area contributed by atoms with Gasteiger partial charge in [-0.15, -0.1) is 11.3 Å². The number of anilines is 1. The Morgan fingerprint density at radius 1 is 1.43 bits per heavy atom. The van der Waals surface area contributed by atoms with E-state index in [2.05, 4.69) is 15.0 Å². The fourth-order valence-electron chi connectivity index (χ4n) is 1.88. The first kappa shape index (κ1) is 17.4. The topological polar surface area (TPSA) is 71.5 Å². The van der Waals surface area contributed by atoms with Gasteiger partial charge in [0.15, 0.2) is 5.13 Å². The molecule has 1 amide bonds. The van der Waals surface area contributed by atoms with E-state index >= 15 is 0 Å². The van der Waals surface area contributed by atoms with E-state index in [4.69, 9.17) is 0 Å². The number of thiazole rings is 1. The van der Waals surface area contributed by atoms with E-state index in [-0.39, 0.29) is 17.9 Å². The smallest absolute Gasteiger partial charge is 0.305 e. The average Bonchev–Trinajstić information content (AvgIpc) is 2.93. The molecule has 0 saturated heterocycles. The number of amides is 1. The Morgan fingerprint density at radius 2 is 2.10 bits per heavy atom. The molecule has 7 heteroatoms. The lowest BCUT2D eigenvalue weighted by molar-refractivity contribution is -0.140. The van der Waals surface area contributed by atoms with Crippen LogP contribution < -0.4 is 5.32 Å². The minimum Gasteiger partial charge on any atom is -0.469 e. The molecule has 0 spiro atoms. The molecular weight excluding hydrogens is 290 g/mol. The summed E-state index contributed by atoms with van der Waals surface area (Å²) in [6.45, 7) is 7.15. The van der Waals surface area contributed by atoms with Crippen molar-refractivity contribution >= 4 is 28.3 Å². The lowest BCUT2D eigenvalue weighted by Gasteiger charge is -2.23. The first-order valence-electron chi connectivity index (χ1n) is 7.08. The summed E-state index contributed by atoms with van der Waals surface area (Å²) in [6.07, 6.45) is 0.858. The van der Waals surface area contributed by atoms with E-state index in [1.165, 1.54) is 18.4 Å². The average molecular weight is 313 g/mol. The van der Waals surface area contributed by atoms with Crippen molar-refractivity contribution < 1.29 is 14.3 Å². The van der Waals surface area contributed by atoms with Crippen molar-refractivity contribution in [1.29, 1.82) is 0 Å². The predicted octanol–water partition coefficient (Wildman–Crippen LogP) is 1.92. The van der Waals surface area contributed by atoms with Crippen LogP contribution in [0.4, 0.5) is 5.13 Å². The molecule has 0 aliphatic heterocycles. The molecule has 0 fully saturated rings. The SMILES string of the molecule is CCN(CC)C(=O)C(C)Nc1nc(CCC(=O)OC)cs1. The number of nitrogens with one attached hydrogen (secondary N) is 1. The maximum Gasteiger partial charge on any atom is 0.305 e. The highest BCUT2D eigenvalue weighted by Crippen LogP contribution is 2.18. The van der Waals surface area contributed by atoms with Gasteiger partial charge in [-0.1, -0.05) is 0 Å². The molecule has 0 aliphatic rings. The number of carbonyl (C=O) groups is 2. The second-order valence-electron chi connectivity index (χ2n) is 4.60. The summed E-state index contributed by atoms with van der Waals surface area (Å²) < 4.78 is 4.60. The van der Waals surface area contributed by atoms with Gasteiger partial charge in [-0.2, -0.15) is 0 Å². The quantitative estimate of drug-likeness (QED) is 0.742. The minimum atomic E-state index is -0.315. The highest BCUT2D eigenvalue weighted by Gasteiger charge is 2.19. The molecule has 0 aromatic carbocycles. The highest BCUT2D eigenvalue weighted by molar-refractivity contribution is 7.13. The lowest BCUT2D eigenvalue weighted by Crippen LogP contribution is -2.41. The van der Waals surface area contributed by atoms with Gasteiger partial charge in [0.05, 0.1) is 19.2 Å². The fourth-order valence-corrected chi connectivity index (χ4v) is 2.71. The third-order valence-corrected chi connectivity index (χ3v) is 3.97. The Balaban J connectivity index is 2.53. The van der Waals surface area contributed by atoms with Crippen LogP contribution in [0.5, 0.6) is 0 Å². The van der Waals surface area contributed by atoms with Crippen LogP contribution in [0.15, 0.2) is 5.38 Å². The van der Waals surface area contributed by atoms with Gasteiger partial charge < -0.3 is 15.0 Å². The second-order valence-corrected chi connectivity index (χ2v) is 5.45. The minimum absolute atomic E-state index is 0.0614. The molecular formula is C14H23N3O3S. The molecule has 1 rings (SSSR count). The number of esters is 1. The Kier molecular flexibility index (Phi) is 7.14. The third-order valence-electron chi connectivity index (χ3n) is 3.15. The Hall–Kier alpha value is -1.63. The van der Waals surface area contributed by atoms with Crippen molar-refractivity contribution in [3.8, 4) is 0 Å². The van der Waals surface area contributed by atoms with Crippen LogP contribution in [0, 0.1) is 0 Å². The van der Waals surface area contributed by atoms with Crippen molar-refractivity contribution in [2.45, 2.75) is 39.7 Å². The van der Waals surface area contributed by atoms with Crippen LogP contribution in [-0.2, 0) is 20.7 Å². The van der Waals surface area contributed by atoms with E-state index in [1.807, 2.05) is 26.2 Å². The molecule has 1 unspecified atom stereocenters. The standard InChI is InChI=1S/C14H23N3O3S/c1-5-17(6-2)13(19)10(3)15-14-16-11(9-21-14)7-8-12(18)20-4/h9-10H,5-8H2,1-4H3,(H,15,16). The van der Waals surface area contributed by atoms with Crippen molar-refractivity contribution in [1.82, 2.24) is 9.88 Å². The van der Waals surface area contributed by atoms with Crippen molar-refractivity contribution in [2.24, 2.45) is 0 Å². The first-order valence-corrected chi connectivity index (χ1v) is 7.96. The van der Waals surface area contributed by atoms with Gasteiger partial charge in [0.1, 0.15) is 6.04 Å². The number of likely N-dealkylation sites (N-methyl/N-ethyl adjacent to an activating group) is 1. The number of methoxy groups -OCH3 is 1. The van der Waals surface area contributed by atoms with Gasteiger partial charge in [-0.05, 0) is 20.8 Å². The Bertz CT molecular complexity index is 472. The summed E-state index contributed by atoms with van der Waals surface area (Å²) in [5, 5.41) is 5.70. The van der Waals surface area contributed by atoms with Crippen LogP contribution in [-0.4, -0.2) is 48.0 Å². The lowest BCUT2D eigenvalue weighted by atomic mass is 10.2. The molecule has 6 nitrogen and oxygen atoms in total. The highest BCUT2D eigenvalue weighted by atomic mass is 32.1. The number of rotatable bonds is 8. The molecule has 1 heterocycles. The van der Waals surface area contributed by atoms with Crippen LogP contribution >= 0.6 is 11.3 Å². The second kappa shape index (κ2) is 8.61. The van der Waals surface area contributed by atoms with Gasteiger partial charge in [-0.3, -0.25) is 9.59 Å². The maximum atomic E-state index is 12.1. The molecule has 1 aromatic heterocycles. The fraction of sp³-hybridized carbons (Fsp3) is 0.643. The molecule has 0 saturated carbocycles. The molecule has 1 atom stereocenters. The van der Waals surface area contributed by atoms with Gasteiger partial charge in [0.25, 0.3) is 0 Å². The largest absolute Gasteiger partial charge is 0.469 e. The summed E-state index contributed by atoms with van der Waals surface area (Å²) in [4.78, 5) is 29.4. The zero-order valence-electron chi connectivity index (χ0n) is 13.0. The van der Waals surface area contributed by atoms with Gasteiger partial charge in [-0.25, -0.2) is 4.98 Å². The molecule has 0 bridgehead atoms. The van der Waals surface area contributed by atoms with Crippen molar-refractivity contribution in [3.63, 3.8) is 0 Å². The molecule has 1 aromatic rings. The zero-order chi connectivity index (χ0) is 15.8. The molecule has 0 radical (unpaired) electrons. The van der Waals surface area contributed by atoms with Crippen LogP contribution in [0.25, 0.3) is 0 Å². The Morgan fingerprint density at radius 3 is 2.67 bits per heavy atom. The zero-order valence-corrected chi connectivity index (χ0v) is 13.8. The molecule has 1 N–H and O–H groups in total. The molecule has 0 aliphatic carbocycles. The number of hydrogen-bond donors (Lipinski definition) is 1. The van der Waals surface area contributed by atoms with Gasteiger partial charge in [0.2, 0.25) is 5.91 Å². The van der Waals surface area contributed by atoms with E-state index in [0.29, 0.717) is 31.1 Å². The number of carbonyl (C=O) groups excluding carboxylic acids is 2. The number of hydrogen-bond acceptors (Lipinski definition) is 6. The van der Waals surface area contributed by atoms with E-state index in [0.717, 1.165) is 5.69 Å². The monoisotopic (exact) mass is 313 g/mol. The summed E-state index contributed by atoms with van der Waals surface area (Å²) >= 11 is 1.44. The van der Waals surface area contributed by atoms with E-state index in [1.54, 1.807) is 4.90 Å². The van der Waals surface area contributed by atoms with Crippen LogP contribution in [0.1, 0.15) is 32.9 Å². The molecule has 21 heavy (non-hydrogen) atoms. The normalized spacial score (nSPS) is 11.8. The Labute approximate surface area is 129 Å². The molecule has 118 valence electrons. The first-order chi connectivity index (χ1) is 10.0. The number of nitrogens with zero attached hydrogens (tertiary/aromatic N) is 2. The number of ether oxygens (including phenoxy) is 1. The number of aryl methyl sites for hydroxylation is 1. The summed E-state index contributed by atoms with van der Waals surface area (Å²) in [7, 11) is 1.37. The van der Waals surface area contributed by atoms with Gasteiger partial charge >= 0.3 is 5.97 Å². The summed E-state index contributed by atoms with van der Waals surface area (Å²) in [6, 6.07) is -0.315. The van der Waals surface area contributed by atoms with Crippen molar-refractivity contribution in [3.05, 3.63) is 11.1 Å². The summed E-state index contributed by atoms with van der Waals surface area (Å²) in [5.74, 6) is -0.186. The van der Waals surface area contributed by atoms with Gasteiger partial charge in [0, 0.05) is 24.9 Å². The third kappa shape index (κ3) is 5.34.